The summed E-state index contributed by atoms with van der Waals surface area (Å²) in [4.78, 5) is 4.79. The third-order valence-electron chi connectivity index (χ3n) is 4.88. The van der Waals surface area contributed by atoms with Crippen molar-refractivity contribution in [1.29, 1.82) is 0 Å². The number of aliphatic hydroxyl groups excluding tert-OH is 1. The summed E-state index contributed by atoms with van der Waals surface area (Å²) in [6.07, 6.45) is 4.37. The molecule has 22 heavy (non-hydrogen) atoms. The molecule has 1 aromatic carbocycles. The van der Waals surface area contributed by atoms with Crippen LogP contribution in [0.2, 0.25) is 0 Å². The Bertz CT molecular complexity index is 486. The van der Waals surface area contributed by atoms with E-state index in [2.05, 4.69) is 28.9 Å². The van der Waals surface area contributed by atoms with Crippen molar-refractivity contribution in [3.63, 3.8) is 0 Å². The van der Waals surface area contributed by atoms with Crippen LogP contribution in [0.25, 0.3) is 0 Å². The number of likely N-dealkylation sites (N-methyl/N-ethyl adjacent to an activating group) is 1. The highest BCUT2D eigenvalue weighted by Gasteiger charge is 2.19. The van der Waals surface area contributed by atoms with Crippen LogP contribution in [0, 0.1) is 0 Å². The summed E-state index contributed by atoms with van der Waals surface area (Å²) in [7, 11) is 0. The molecule has 1 fully saturated rings. The average molecular weight is 304 g/mol. The fourth-order valence-corrected chi connectivity index (χ4v) is 3.48. The Morgan fingerprint density at radius 3 is 2.77 bits per heavy atom. The molecular formula is C18H28N2O2. The van der Waals surface area contributed by atoms with E-state index < -0.39 is 6.10 Å². The van der Waals surface area contributed by atoms with Crippen molar-refractivity contribution < 1.29 is 9.84 Å². The lowest BCUT2D eigenvalue weighted by Gasteiger charge is -2.31. The first-order chi connectivity index (χ1) is 10.8. The highest BCUT2D eigenvalue weighted by atomic mass is 16.5. The topological polar surface area (TPSA) is 35.9 Å². The molecule has 0 aliphatic carbocycles. The summed E-state index contributed by atoms with van der Waals surface area (Å²) < 4.78 is 5.78. The molecule has 1 saturated heterocycles. The molecule has 1 atom stereocenters. The predicted molar refractivity (Wildman–Crippen MR) is 89.7 cm³/mol. The van der Waals surface area contributed by atoms with Gasteiger partial charge >= 0.3 is 0 Å². The molecule has 0 amide bonds. The lowest BCUT2D eigenvalue weighted by Crippen LogP contribution is -2.32. The fraction of sp³-hybridized carbons (Fsp3) is 0.667. The van der Waals surface area contributed by atoms with Gasteiger partial charge in [0.05, 0.1) is 18.3 Å². The molecule has 0 bridgehead atoms. The van der Waals surface area contributed by atoms with Gasteiger partial charge in [0.15, 0.2) is 0 Å². The second-order valence-electron chi connectivity index (χ2n) is 6.36. The van der Waals surface area contributed by atoms with Gasteiger partial charge < -0.3 is 19.6 Å². The van der Waals surface area contributed by atoms with Crippen molar-refractivity contribution >= 4 is 5.69 Å². The minimum absolute atomic E-state index is 0.396. The number of benzene rings is 1. The van der Waals surface area contributed by atoms with Crippen LogP contribution < -0.4 is 9.64 Å². The summed E-state index contributed by atoms with van der Waals surface area (Å²) in [6, 6.07) is 6.17. The van der Waals surface area contributed by atoms with Crippen molar-refractivity contribution in [2.24, 2.45) is 0 Å². The average Bonchev–Trinajstić information content (AvgIpc) is 2.59. The molecule has 3 rings (SSSR count). The van der Waals surface area contributed by atoms with E-state index in [4.69, 9.17) is 4.74 Å². The number of rotatable bonds is 5. The smallest absolute Gasteiger partial charge is 0.143 e. The molecule has 0 saturated carbocycles. The number of anilines is 1. The Morgan fingerprint density at radius 1 is 1.18 bits per heavy atom. The highest BCUT2D eigenvalue weighted by molar-refractivity contribution is 5.61. The monoisotopic (exact) mass is 304 g/mol. The van der Waals surface area contributed by atoms with Crippen molar-refractivity contribution in [2.75, 3.05) is 44.2 Å². The van der Waals surface area contributed by atoms with Crippen LogP contribution in [-0.4, -0.2) is 49.3 Å². The SMILES string of the molecule is CCN1CCOc2cc(C(O)CCN3CCCCC3)ccc21. The van der Waals surface area contributed by atoms with Crippen LogP contribution in [0.15, 0.2) is 18.2 Å². The number of hydrogen-bond acceptors (Lipinski definition) is 4. The molecule has 2 heterocycles. The van der Waals surface area contributed by atoms with Gasteiger partial charge in [0.2, 0.25) is 0 Å². The van der Waals surface area contributed by atoms with Gasteiger partial charge in [0, 0.05) is 13.1 Å². The molecule has 122 valence electrons. The number of likely N-dealkylation sites (tertiary alicyclic amines) is 1. The van der Waals surface area contributed by atoms with Crippen LogP contribution in [0.1, 0.15) is 44.3 Å². The molecule has 1 N–H and O–H groups in total. The normalized spacial score (nSPS) is 20.4. The van der Waals surface area contributed by atoms with Crippen LogP contribution in [0.4, 0.5) is 5.69 Å². The van der Waals surface area contributed by atoms with Gasteiger partial charge in [-0.05, 0) is 57.0 Å². The number of fused-ring (bicyclic) bond motifs is 1. The lowest BCUT2D eigenvalue weighted by atomic mass is 10.0. The molecule has 1 unspecified atom stereocenters. The summed E-state index contributed by atoms with van der Waals surface area (Å²) in [5, 5.41) is 10.5. The Labute approximate surface area is 133 Å². The van der Waals surface area contributed by atoms with E-state index in [-0.39, 0.29) is 0 Å². The molecule has 4 heteroatoms. The van der Waals surface area contributed by atoms with Crippen molar-refractivity contribution in [2.45, 2.75) is 38.7 Å². The Balaban J connectivity index is 1.61. The van der Waals surface area contributed by atoms with E-state index in [1.807, 2.05) is 6.07 Å². The third-order valence-corrected chi connectivity index (χ3v) is 4.88. The second kappa shape index (κ2) is 7.34. The number of aliphatic hydroxyl groups is 1. The quantitative estimate of drug-likeness (QED) is 0.907. The summed E-state index contributed by atoms with van der Waals surface area (Å²) in [5.41, 5.74) is 2.13. The van der Waals surface area contributed by atoms with Gasteiger partial charge in [-0.25, -0.2) is 0 Å². The first kappa shape index (κ1) is 15.6. The standard InChI is InChI=1S/C18H28N2O2/c1-2-20-12-13-22-18-14-15(6-7-16(18)20)17(21)8-11-19-9-4-3-5-10-19/h6-7,14,17,21H,2-5,8-13H2,1H3. The number of ether oxygens (including phenoxy) is 1. The lowest BCUT2D eigenvalue weighted by molar-refractivity contribution is 0.133. The van der Waals surface area contributed by atoms with Gasteiger partial charge in [0.25, 0.3) is 0 Å². The van der Waals surface area contributed by atoms with E-state index in [1.165, 1.54) is 32.4 Å². The minimum atomic E-state index is -0.396. The number of piperidine rings is 1. The van der Waals surface area contributed by atoms with Crippen LogP contribution in [0.5, 0.6) is 5.75 Å². The summed E-state index contributed by atoms with van der Waals surface area (Å²) in [5.74, 6) is 0.919. The van der Waals surface area contributed by atoms with Gasteiger partial charge in [-0.2, -0.15) is 0 Å². The zero-order valence-electron chi connectivity index (χ0n) is 13.6. The largest absolute Gasteiger partial charge is 0.490 e. The maximum absolute atomic E-state index is 10.5. The first-order valence-corrected chi connectivity index (χ1v) is 8.70. The summed E-state index contributed by atoms with van der Waals surface area (Å²) >= 11 is 0. The Morgan fingerprint density at radius 2 is 2.00 bits per heavy atom. The summed E-state index contributed by atoms with van der Waals surface area (Å²) in [6.45, 7) is 8.19. The van der Waals surface area contributed by atoms with Crippen molar-refractivity contribution in [3.8, 4) is 5.75 Å². The Kier molecular flexibility index (Phi) is 5.21. The maximum Gasteiger partial charge on any atom is 0.143 e. The van der Waals surface area contributed by atoms with E-state index in [9.17, 15) is 5.11 Å². The van der Waals surface area contributed by atoms with E-state index in [1.54, 1.807) is 0 Å². The molecule has 0 radical (unpaired) electrons. The molecular weight excluding hydrogens is 276 g/mol. The zero-order valence-corrected chi connectivity index (χ0v) is 13.6. The highest BCUT2D eigenvalue weighted by Crippen LogP contribution is 2.34. The van der Waals surface area contributed by atoms with Gasteiger partial charge in [-0.15, -0.1) is 0 Å². The third kappa shape index (κ3) is 3.55. The van der Waals surface area contributed by atoms with Crippen LogP contribution in [-0.2, 0) is 0 Å². The van der Waals surface area contributed by atoms with Gasteiger partial charge in [-0.3, -0.25) is 0 Å². The van der Waals surface area contributed by atoms with Crippen molar-refractivity contribution in [3.05, 3.63) is 23.8 Å². The van der Waals surface area contributed by atoms with E-state index in [0.717, 1.165) is 49.7 Å². The Hall–Kier alpha value is -1.26. The molecule has 4 nitrogen and oxygen atoms in total. The van der Waals surface area contributed by atoms with Crippen LogP contribution >= 0.6 is 0 Å². The molecule has 0 aromatic heterocycles. The molecule has 1 aromatic rings. The molecule has 2 aliphatic heterocycles. The van der Waals surface area contributed by atoms with E-state index in [0.29, 0.717) is 0 Å². The van der Waals surface area contributed by atoms with Crippen molar-refractivity contribution in [1.82, 2.24) is 4.90 Å². The minimum Gasteiger partial charge on any atom is -0.490 e. The molecule has 0 spiro atoms. The maximum atomic E-state index is 10.5. The molecule has 2 aliphatic rings. The van der Waals surface area contributed by atoms with Gasteiger partial charge in [0.1, 0.15) is 12.4 Å². The van der Waals surface area contributed by atoms with E-state index >= 15 is 0 Å². The predicted octanol–water partition coefficient (Wildman–Crippen LogP) is 2.81. The van der Waals surface area contributed by atoms with Crippen LogP contribution in [0.3, 0.4) is 0 Å². The number of hydrogen-bond donors (Lipinski definition) is 1. The first-order valence-electron chi connectivity index (χ1n) is 8.70. The number of nitrogens with zero attached hydrogens (tertiary/aromatic N) is 2. The zero-order chi connectivity index (χ0) is 15.4. The fourth-order valence-electron chi connectivity index (χ4n) is 3.48. The second-order valence-corrected chi connectivity index (χ2v) is 6.36. The van der Waals surface area contributed by atoms with Gasteiger partial charge in [-0.1, -0.05) is 12.5 Å².